The van der Waals surface area contributed by atoms with Gasteiger partial charge >= 0.3 is 5.69 Å². The Morgan fingerprint density at radius 3 is 2.63 bits per heavy atom. The van der Waals surface area contributed by atoms with E-state index in [1.165, 1.54) is 12.5 Å². The molecule has 0 aliphatic carbocycles. The van der Waals surface area contributed by atoms with E-state index in [0.717, 1.165) is 0 Å². The zero-order chi connectivity index (χ0) is 18.8. The SMILES string of the molecule is O=[N+]([O-])c1c(Nc2ccc3c(c2)OCO3)ncnc1Nc1cccnc1Cl. The van der Waals surface area contributed by atoms with Crippen LogP contribution in [0.25, 0.3) is 0 Å². The number of fused-ring (bicyclic) bond motifs is 1. The van der Waals surface area contributed by atoms with Gasteiger partial charge in [-0.1, -0.05) is 11.6 Å². The van der Waals surface area contributed by atoms with Gasteiger partial charge in [-0.15, -0.1) is 0 Å². The van der Waals surface area contributed by atoms with Gasteiger partial charge in [-0.2, -0.15) is 0 Å². The van der Waals surface area contributed by atoms with Crippen LogP contribution in [0.15, 0.2) is 42.9 Å². The molecule has 1 aliphatic heterocycles. The number of hydrogen-bond acceptors (Lipinski definition) is 9. The maximum absolute atomic E-state index is 11.6. The quantitative estimate of drug-likeness (QED) is 0.384. The van der Waals surface area contributed by atoms with Gasteiger partial charge < -0.3 is 20.1 Å². The minimum Gasteiger partial charge on any atom is -0.454 e. The molecule has 2 aromatic heterocycles. The predicted molar refractivity (Wildman–Crippen MR) is 97.1 cm³/mol. The Bertz CT molecular complexity index is 1030. The Morgan fingerprint density at radius 2 is 1.85 bits per heavy atom. The van der Waals surface area contributed by atoms with E-state index in [-0.39, 0.29) is 29.3 Å². The Hall–Kier alpha value is -3.66. The fraction of sp³-hybridized carbons (Fsp3) is 0.0625. The number of benzene rings is 1. The number of aromatic nitrogens is 3. The van der Waals surface area contributed by atoms with Crippen molar-refractivity contribution in [1.82, 2.24) is 15.0 Å². The van der Waals surface area contributed by atoms with Gasteiger partial charge in [0.15, 0.2) is 16.7 Å². The molecule has 4 rings (SSSR count). The van der Waals surface area contributed by atoms with E-state index in [4.69, 9.17) is 21.1 Å². The molecule has 27 heavy (non-hydrogen) atoms. The summed E-state index contributed by atoms with van der Waals surface area (Å²) in [5.74, 6) is 1.13. The first-order chi connectivity index (χ1) is 13.1. The number of anilines is 4. The molecule has 3 heterocycles. The molecule has 3 aromatic rings. The van der Waals surface area contributed by atoms with Crippen molar-refractivity contribution < 1.29 is 14.4 Å². The van der Waals surface area contributed by atoms with E-state index in [0.29, 0.717) is 22.9 Å². The van der Waals surface area contributed by atoms with Crippen molar-refractivity contribution >= 4 is 40.3 Å². The van der Waals surface area contributed by atoms with E-state index in [9.17, 15) is 10.1 Å². The van der Waals surface area contributed by atoms with Gasteiger partial charge in [0.1, 0.15) is 6.33 Å². The molecular formula is C16H11ClN6O4. The molecule has 0 saturated carbocycles. The Morgan fingerprint density at radius 1 is 1.07 bits per heavy atom. The summed E-state index contributed by atoms with van der Waals surface area (Å²) >= 11 is 6.00. The maximum atomic E-state index is 11.6. The number of nitrogens with zero attached hydrogens (tertiary/aromatic N) is 4. The lowest BCUT2D eigenvalue weighted by molar-refractivity contribution is -0.383. The number of nitro groups is 1. The van der Waals surface area contributed by atoms with Gasteiger partial charge in [0, 0.05) is 18.0 Å². The van der Waals surface area contributed by atoms with Crippen LogP contribution in [0, 0.1) is 10.1 Å². The third kappa shape index (κ3) is 3.37. The minimum absolute atomic E-state index is 0.0105. The molecule has 1 aliphatic rings. The van der Waals surface area contributed by atoms with Gasteiger partial charge in [0.25, 0.3) is 0 Å². The molecule has 0 spiro atoms. The third-order valence-electron chi connectivity index (χ3n) is 3.65. The van der Waals surface area contributed by atoms with Crippen molar-refractivity contribution in [3.05, 3.63) is 58.1 Å². The van der Waals surface area contributed by atoms with Gasteiger partial charge in [-0.25, -0.2) is 15.0 Å². The number of halogens is 1. The van der Waals surface area contributed by atoms with Crippen molar-refractivity contribution in [2.24, 2.45) is 0 Å². The predicted octanol–water partition coefficient (Wildman–Crippen LogP) is 3.65. The normalized spacial score (nSPS) is 11.9. The van der Waals surface area contributed by atoms with Crippen LogP contribution in [0.3, 0.4) is 0 Å². The smallest absolute Gasteiger partial charge is 0.353 e. The van der Waals surface area contributed by atoms with Crippen molar-refractivity contribution in [3.8, 4) is 11.5 Å². The second-order valence-electron chi connectivity index (χ2n) is 5.34. The van der Waals surface area contributed by atoms with Crippen LogP contribution < -0.4 is 20.1 Å². The molecule has 136 valence electrons. The fourth-order valence-corrected chi connectivity index (χ4v) is 2.62. The zero-order valence-electron chi connectivity index (χ0n) is 13.5. The van der Waals surface area contributed by atoms with Crippen LogP contribution in [0.2, 0.25) is 5.15 Å². The van der Waals surface area contributed by atoms with Gasteiger partial charge in [-0.05, 0) is 24.3 Å². The van der Waals surface area contributed by atoms with Crippen LogP contribution >= 0.6 is 11.6 Å². The molecule has 2 N–H and O–H groups in total. The molecule has 0 radical (unpaired) electrons. The van der Waals surface area contributed by atoms with Gasteiger partial charge in [0.05, 0.1) is 10.6 Å². The zero-order valence-corrected chi connectivity index (χ0v) is 14.3. The molecule has 0 unspecified atom stereocenters. The molecule has 0 amide bonds. The average Bonchev–Trinajstić information content (AvgIpc) is 3.11. The number of rotatable bonds is 5. The van der Waals surface area contributed by atoms with Crippen LogP contribution in [0.4, 0.5) is 28.7 Å². The van der Waals surface area contributed by atoms with Crippen molar-refractivity contribution in [2.75, 3.05) is 17.4 Å². The molecule has 10 nitrogen and oxygen atoms in total. The fourth-order valence-electron chi connectivity index (χ4n) is 2.45. The summed E-state index contributed by atoms with van der Waals surface area (Å²) in [6.45, 7) is 0.131. The van der Waals surface area contributed by atoms with Crippen molar-refractivity contribution in [2.45, 2.75) is 0 Å². The van der Waals surface area contributed by atoms with Crippen molar-refractivity contribution in [1.29, 1.82) is 0 Å². The van der Waals surface area contributed by atoms with E-state index in [1.54, 1.807) is 30.3 Å². The molecule has 11 heteroatoms. The largest absolute Gasteiger partial charge is 0.454 e. The molecule has 1 aromatic carbocycles. The molecule has 0 saturated heterocycles. The number of nitrogens with one attached hydrogen (secondary N) is 2. The molecule has 0 atom stereocenters. The highest BCUT2D eigenvalue weighted by Crippen LogP contribution is 2.37. The second-order valence-corrected chi connectivity index (χ2v) is 5.69. The lowest BCUT2D eigenvalue weighted by Gasteiger charge is -2.11. The Kier molecular flexibility index (Phi) is 4.30. The van der Waals surface area contributed by atoms with E-state index < -0.39 is 4.92 Å². The lowest BCUT2D eigenvalue weighted by atomic mass is 10.2. The van der Waals surface area contributed by atoms with Crippen LogP contribution in [-0.4, -0.2) is 26.7 Å². The summed E-state index contributed by atoms with van der Waals surface area (Å²) in [7, 11) is 0. The monoisotopic (exact) mass is 386 g/mol. The number of pyridine rings is 1. The van der Waals surface area contributed by atoms with E-state index in [1.807, 2.05) is 0 Å². The average molecular weight is 387 g/mol. The highest BCUT2D eigenvalue weighted by Gasteiger charge is 2.24. The Balaban J connectivity index is 1.69. The maximum Gasteiger partial charge on any atom is 0.353 e. The topological polar surface area (TPSA) is 124 Å². The van der Waals surface area contributed by atoms with Crippen LogP contribution in [0.5, 0.6) is 11.5 Å². The number of hydrogen-bond donors (Lipinski definition) is 2. The van der Waals surface area contributed by atoms with Gasteiger partial charge in [-0.3, -0.25) is 10.1 Å². The summed E-state index contributed by atoms with van der Waals surface area (Å²) < 4.78 is 10.6. The van der Waals surface area contributed by atoms with E-state index in [2.05, 4.69) is 25.6 Å². The molecular weight excluding hydrogens is 376 g/mol. The second kappa shape index (κ2) is 6.92. The summed E-state index contributed by atoms with van der Waals surface area (Å²) in [5, 5.41) is 17.5. The van der Waals surface area contributed by atoms with Crippen LogP contribution in [-0.2, 0) is 0 Å². The summed E-state index contributed by atoms with van der Waals surface area (Å²) in [4.78, 5) is 22.9. The summed E-state index contributed by atoms with van der Waals surface area (Å²) in [6.07, 6.45) is 2.71. The lowest BCUT2D eigenvalue weighted by Crippen LogP contribution is -2.06. The first-order valence-electron chi connectivity index (χ1n) is 7.65. The van der Waals surface area contributed by atoms with Gasteiger partial charge in [0.2, 0.25) is 18.4 Å². The number of ether oxygens (including phenoxy) is 2. The molecule has 0 bridgehead atoms. The highest BCUT2D eigenvalue weighted by molar-refractivity contribution is 6.32. The minimum atomic E-state index is -0.581. The van der Waals surface area contributed by atoms with Crippen LogP contribution in [0.1, 0.15) is 0 Å². The standard InChI is InChI=1S/C16H11ClN6O4/c17-14-10(2-1-5-18-14)22-16-13(23(24)25)15(19-7-20-16)21-9-3-4-11-12(6-9)27-8-26-11/h1-7H,8H2,(H2,19,20,21,22). The highest BCUT2D eigenvalue weighted by atomic mass is 35.5. The van der Waals surface area contributed by atoms with Crippen molar-refractivity contribution in [3.63, 3.8) is 0 Å². The summed E-state index contributed by atoms with van der Waals surface area (Å²) in [6, 6.07) is 8.34. The van der Waals surface area contributed by atoms with E-state index >= 15 is 0 Å². The third-order valence-corrected chi connectivity index (χ3v) is 3.95. The first kappa shape index (κ1) is 16.8. The molecule has 0 fully saturated rings. The Labute approximate surface area is 157 Å². The summed E-state index contributed by atoms with van der Waals surface area (Å²) in [5.41, 5.74) is 0.594. The first-order valence-corrected chi connectivity index (χ1v) is 8.03.